The molecule has 0 aliphatic rings. The Morgan fingerprint density at radius 1 is 0.941 bits per heavy atom. The van der Waals surface area contributed by atoms with Crippen molar-refractivity contribution >= 4 is 0 Å². The second-order valence-corrected chi connectivity index (χ2v) is 4.64. The van der Waals surface area contributed by atoms with E-state index < -0.39 is 0 Å². The first-order valence-corrected chi connectivity index (χ1v) is 6.64. The van der Waals surface area contributed by atoms with Crippen LogP contribution in [0.15, 0.2) is 0 Å². The van der Waals surface area contributed by atoms with Gasteiger partial charge in [0.25, 0.3) is 0 Å². The van der Waals surface area contributed by atoms with Gasteiger partial charge >= 0.3 is 0 Å². The molecule has 0 saturated carbocycles. The van der Waals surface area contributed by atoms with E-state index in [9.17, 15) is 0 Å². The number of ether oxygens (including phenoxy) is 2. The molecule has 0 rings (SSSR count). The molecule has 104 valence electrons. The van der Waals surface area contributed by atoms with Crippen molar-refractivity contribution in [1.29, 1.82) is 0 Å². The molecule has 4 nitrogen and oxygen atoms in total. The summed E-state index contributed by atoms with van der Waals surface area (Å²) in [6.07, 6.45) is 2.46. The highest BCUT2D eigenvalue weighted by atomic mass is 16.5. The molecule has 0 bridgehead atoms. The lowest BCUT2D eigenvalue weighted by Crippen LogP contribution is -2.32. The van der Waals surface area contributed by atoms with E-state index in [1.165, 1.54) is 12.8 Å². The maximum atomic E-state index is 5.12. The SMILES string of the molecule is COCCN(CCCCNC(C)C)CCOC. The molecule has 0 heterocycles. The van der Waals surface area contributed by atoms with E-state index in [0.29, 0.717) is 6.04 Å². The van der Waals surface area contributed by atoms with Crippen molar-refractivity contribution in [3.63, 3.8) is 0 Å². The Labute approximate surface area is 107 Å². The molecule has 17 heavy (non-hydrogen) atoms. The van der Waals surface area contributed by atoms with E-state index >= 15 is 0 Å². The van der Waals surface area contributed by atoms with Crippen LogP contribution in [0.3, 0.4) is 0 Å². The minimum absolute atomic E-state index is 0.591. The maximum absolute atomic E-state index is 5.12. The normalized spacial score (nSPS) is 11.6. The first kappa shape index (κ1) is 16.8. The fraction of sp³-hybridized carbons (Fsp3) is 1.00. The molecule has 0 aromatic heterocycles. The van der Waals surface area contributed by atoms with Gasteiger partial charge in [0.2, 0.25) is 0 Å². The van der Waals surface area contributed by atoms with Gasteiger partial charge in [-0.15, -0.1) is 0 Å². The molecule has 0 aliphatic carbocycles. The van der Waals surface area contributed by atoms with E-state index in [0.717, 1.165) is 39.4 Å². The monoisotopic (exact) mass is 246 g/mol. The van der Waals surface area contributed by atoms with Crippen molar-refractivity contribution in [2.45, 2.75) is 32.7 Å². The quantitative estimate of drug-likeness (QED) is 0.527. The van der Waals surface area contributed by atoms with Gasteiger partial charge in [0, 0.05) is 33.4 Å². The summed E-state index contributed by atoms with van der Waals surface area (Å²) < 4.78 is 10.2. The minimum atomic E-state index is 0.591. The summed E-state index contributed by atoms with van der Waals surface area (Å²) in [5.74, 6) is 0. The van der Waals surface area contributed by atoms with Crippen molar-refractivity contribution in [2.75, 3.05) is 53.6 Å². The van der Waals surface area contributed by atoms with Gasteiger partial charge in [0.05, 0.1) is 13.2 Å². The number of hydrogen-bond acceptors (Lipinski definition) is 4. The van der Waals surface area contributed by atoms with Crippen LogP contribution in [0.25, 0.3) is 0 Å². The van der Waals surface area contributed by atoms with Crippen LogP contribution in [0.1, 0.15) is 26.7 Å². The molecule has 0 amide bonds. The molecule has 0 saturated heterocycles. The number of nitrogens with zero attached hydrogens (tertiary/aromatic N) is 1. The Bertz CT molecular complexity index is 146. The zero-order valence-corrected chi connectivity index (χ0v) is 12.0. The molecule has 0 aliphatic heterocycles. The van der Waals surface area contributed by atoms with E-state index in [4.69, 9.17) is 9.47 Å². The smallest absolute Gasteiger partial charge is 0.0589 e. The molecule has 0 spiro atoms. The standard InChI is InChI=1S/C13H30N2O2/c1-13(2)14-7-5-6-8-15(9-11-16-3)10-12-17-4/h13-14H,5-12H2,1-4H3. The van der Waals surface area contributed by atoms with Crippen molar-refractivity contribution in [3.05, 3.63) is 0 Å². The van der Waals surface area contributed by atoms with E-state index in [2.05, 4.69) is 24.1 Å². The summed E-state index contributed by atoms with van der Waals surface area (Å²) in [5.41, 5.74) is 0. The van der Waals surface area contributed by atoms with Gasteiger partial charge in [-0.1, -0.05) is 13.8 Å². The molecule has 0 atom stereocenters. The summed E-state index contributed by atoms with van der Waals surface area (Å²) in [6, 6.07) is 0.591. The van der Waals surface area contributed by atoms with Crippen LogP contribution < -0.4 is 5.32 Å². The average molecular weight is 246 g/mol. The zero-order chi connectivity index (χ0) is 12.9. The van der Waals surface area contributed by atoms with E-state index in [1.807, 2.05) is 0 Å². The molecule has 0 fully saturated rings. The Balaban J connectivity index is 3.52. The van der Waals surface area contributed by atoms with E-state index in [-0.39, 0.29) is 0 Å². The molecule has 4 heteroatoms. The highest BCUT2D eigenvalue weighted by molar-refractivity contribution is 4.59. The first-order chi connectivity index (χ1) is 8.20. The fourth-order valence-corrected chi connectivity index (χ4v) is 1.63. The summed E-state index contributed by atoms with van der Waals surface area (Å²) >= 11 is 0. The lowest BCUT2D eigenvalue weighted by molar-refractivity contribution is 0.113. The summed E-state index contributed by atoms with van der Waals surface area (Å²) in [5, 5.41) is 3.44. The Hall–Kier alpha value is -0.160. The van der Waals surface area contributed by atoms with Crippen molar-refractivity contribution in [2.24, 2.45) is 0 Å². The summed E-state index contributed by atoms with van der Waals surface area (Å²) in [7, 11) is 3.50. The highest BCUT2D eigenvalue weighted by Gasteiger charge is 2.03. The molecule has 0 radical (unpaired) electrons. The van der Waals surface area contributed by atoms with Crippen molar-refractivity contribution in [1.82, 2.24) is 10.2 Å². The molecular formula is C13H30N2O2. The van der Waals surface area contributed by atoms with Gasteiger partial charge in [-0.3, -0.25) is 4.90 Å². The van der Waals surface area contributed by atoms with Gasteiger partial charge in [-0.25, -0.2) is 0 Å². The highest BCUT2D eigenvalue weighted by Crippen LogP contribution is 1.96. The molecule has 0 unspecified atom stereocenters. The largest absolute Gasteiger partial charge is 0.383 e. The lowest BCUT2D eigenvalue weighted by atomic mass is 10.2. The van der Waals surface area contributed by atoms with Crippen LogP contribution in [-0.2, 0) is 9.47 Å². The van der Waals surface area contributed by atoms with Crippen LogP contribution in [-0.4, -0.2) is 64.6 Å². The van der Waals surface area contributed by atoms with Crippen LogP contribution in [0.2, 0.25) is 0 Å². The van der Waals surface area contributed by atoms with Gasteiger partial charge in [-0.05, 0) is 25.9 Å². The maximum Gasteiger partial charge on any atom is 0.0589 e. The second kappa shape index (κ2) is 12.3. The molecule has 0 aromatic carbocycles. The number of rotatable bonds is 12. The van der Waals surface area contributed by atoms with Crippen LogP contribution in [0.4, 0.5) is 0 Å². The lowest BCUT2D eigenvalue weighted by Gasteiger charge is -2.21. The third kappa shape index (κ3) is 12.1. The number of hydrogen-bond donors (Lipinski definition) is 1. The number of methoxy groups -OCH3 is 2. The molecule has 1 N–H and O–H groups in total. The Morgan fingerprint density at radius 2 is 1.53 bits per heavy atom. The topological polar surface area (TPSA) is 33.7 Å². The fourth-order valence-electron chi connectivity index (χ4n) is 1.63. The Kier molecular flexibility index (Phi) is 12.2. The second-order valence-electron chi connectivity index (χ2n) is 4.64. The zero-order valence-electron chi connectivity index (χ0n) is 12.0. The molecule has 0 aromatic rings. The summed E-state index contributed by atoms with van der Waals surface area (Å²) in [4.78, 5) is 2.41. The van der Waals surface area contributed by atoms with Gasteiger partial charge in [0.15, 0.2) is 0 Å². The average Bonchev–Trinajstić information content (AvgIpc) is 2.30. The number of nitrogens with one attached hydrogen (secondary N) is 1. The summed E-state index contributed by atoms with van der Waals surface area (Å²) in [6.45, 7) is 10.2. The molecular weight excluding hydrogens is 216 g/mol. The third-order valence-corrected chi connectivity index (χ3v) is 2.68. The van der Waals surface area contributed by atoms with Gasteiger partial charge in [0.1, 0.15) is 0 Å². The van der Waals surface area contributed by atoms with Crippen LogP contribution in [0.5, 0.6) is 0 Å². The first-order valence-electron chi connectivity index (χ1n) is 6.64. The van der Waals surface area contributed by atoms with Crippen molar-refractivity contribution in [3.8, 4) is 0 Å². The third-order valence-electron chi connectivity index (χ3n) is 2.68. The number of unbranched alkanes of at least 4 members (excludes halogenated alkanes) is 1. The van der Waals surface area contributed by atoms with E-state index in [1.54, 1.807) is 14.2 Å². The minimum Gasteiger partial charge on any atom is -0.383 e. The van der Waals surface area contributed by atoms with Crippen molar-refractivity contribution < 1.29 is 9.47 Å². The van der Waals surface area contributed by atoms with Gasteiger partial charge in [-0.2, -0.15) is 0 Å². The Morgan fingerprint density at radius 3 is 2.00 bits per heavy atom. The van der Waals surface area contributed by atoms with Gasteiger partial charge < -0.3 is 14.8 Å². The predicted molar refractivity (Wildman–Crippen MR) is 72.6 cm³/mol. The predicted octanol–water partition coefficient (Wildman–Crippen LogP) is 1.36. The van der Waals surface area contributed by atoms with Crippen LogP contribution in [0, 0.1) is 0 Å². The van der Waals surface area contributed by atoms with Crippen LogP contribution >= 0.6 is 0 Å².